The molecular weight excluding hydrogens is 673 g/mol. The summed E-state index contributed by atoms with van der Waals surface area (Å²) in [6.45, 7) is 3.67. The molecule has 0 aliphatic carbocycles. The van der Waals surface area contributed by atoms with Crippen LogP contribution in [-0.4, -0.2) is 70.6 Å². The average Bonchev–Trinajstić information content (AvgIpc) is 3.55. The maximum atomic E-state index is 11.5. The molecule has 3 aromatic carbocycles. The van der Waals surface area contributed by atoms with Crippen LogP contribution in [0.25, 0.3) is 33.6 Å². The Morgan fingerprint density at radius 3 is 1.96 bits per heavy atom. The summed E-state index contributed by atoms with van der Waals surface area (Å²) in [6.07, 6.45) is 4.81. The third kappa shape index (κ3) is 7.15. The van der Waals surface area contributed by atoms with E-state index in [1.165, 1.54) is 5.56 Å². The molecule has 1 atom stereocenters. The van der Waals surface area contributed by atoms with Gasteiger partial charge in [0.1, 0.15) is 11.4 Å². The first-order valence-corrected chi connectivity index (χ1v) is 17.3. The Bertz CT molecular complexity index is 2010. The van der Waals surface area contributed by atoms with Gasteiger partial charge in [0.05, 0.1) is 48.0 Å². The number of hydrogen-bond donors (Lipinski definition) is 2. The SMILES string of the molecule is COc1nc(-c2cccc(-c3cccc(-c4cnc(CN5CC(c6ccccc6)C5)c(OC)n4)c3Cl)c2Cl)cnc1CNC[C@@H]1CCC(=O)N1. The summed E-state index contributed by atoms with van der Waals surface area (Å²) in [7, 11) is 3.18. The van der Waals surface area contributed by atoms with Crippen molar-refractivity contribution in [2.24, 2.45) is 0 Å². The summed E-state index contributed by atoms with van der Waals surface area (Å²) in [5, 5.41) is 7.27. The molecule has 2 aliphatic rings. The number of hydrogen-bond acceptors (Lipinski definition) is 9. The highest BCUT2D eigenvalue weighted by Crippen LogP contribution is 2.42. The molecule has 0 spiro atoms. The number of amides is 1. The summed E-state index contributed by atoms with van der Waals surface area (Å²) >= 11 is 14.2. The number of likely N-dealkylation sites (tertiary alicyclic amines) is 1. The van der Waals surface area contributed by atoms with Gasteiger partial charge in [0.15, 0.2) is 0 Å². The largest absolute Gasteiger partial charge is 0.480 e. The van der Waals surface area contributed by atoms with Gasteiger partial charge in [-0.3, -0.25) is 19.7 Å². The van der Waals surface area contributed by atoms with E-state index < -0.39 is 0 Å². The molecule has 0 unspecified atom stereocenters. The lowest BCUT2D eigenvalue weighted by molar-refractivity contribution is -0.119. The molecule has 10 nitrogen and oxygen atoms in total. The lowest BCUT2D eigenvalue weighted by atomic mass is 9.91. The fraction of sp³-hybridized carbons (Fsp3) is 0.289. The maximum absolute atomic E-state index is 11.5. The van der Waals surface area contributed by atoms with Crippen molar-refractivity contribution in [3.63, 3.8) is 0 Å². The lowest BCUT2D eigenvalue weighted by Gasteiger charge is -2.39. The minimum absolute atomic E-state index is 0.0870. The predicted octanol–water partition coefficient (Wildman–Crippen LogP) is 6.56. The number of halogens is 2. The Hall–Kier alpha value is -4.61. The number of rotatable bonds is 12. The zero-order valence-corrected chi connectivity index (χ0v) is 29.3. The maximum Gasteiger partial charge on any atom is 0.237 e. The second-order valence-electron chi connectivity index (χ2n) is 12.5. The van der Waals surface area contributed by atoms with Gasteiger partial charge in [0.2, 0.25) is 17.7 Å². The predicted molar refractivity (Wildman–Crippen MR) is 194 cm³/mol. The van der Waals surface area contributed by atoms with Gasteiger partial charge in [0, 0.05) is 73.4 Å². The van der Waals surface area contributed by atoms with Crippen LogP contribution < -0.4 is 20.1 Å². The van der Waals surface area contributed by atoms with E-state index in [-0.39, 0.29) is 11.9 Å². The Balaban J connectivity index is 1.09. The van der Waals surface area contributed by atoms with Crippen molar-refractivity contribution in [2.75, 3.05) is 33.9 Å². The summed E-state index contributed by atoms with van der Waals surface area (Å²) in [4.78, 5) is 32.8. The molecule has 2 aliphatic heterocycles. The molecule has 256 valence electrons. The molecule has 5 aromatic rings. The fourth-order valence-corrected chi connectivity index (χ4v) is 7.18. The quantitative estimate of drug-likeness (QED) is 0.149. The number of nitrogens with one attached hydrogen (secondary N) is 2. The van der Waals surface area contributed by atoms with E-state index in [0.29, 0.717) is 82.0 Å². The zero-order valence-electron chi connectivity index (χ0n) is 27.8. The molecule has 4 heterocycles. The zero-order chi connectivity index (χ0) is 34.6. The number of benzene rings is 3. The monoisotopic (exact) mass is 709 g/mol. The van der Waals surface area contributed by atoms with Crippen LogP contribution in [0.2, 0.25) is 10.0 Å². The van der Waals surface area contributed by atoms with Gasteiger partial charge < -0.3 is 20.1 Å². The second-order valence-corrected chi connectivity index (χ2v) is 13.2. The van der Waals surface area contributed by atoms with Gasteiger partial charge in [-0.15, -0.1) is 0 Å². The number of aromatic nitrogens is 4. The van der Waals surface area contributed by atoms with Crippen molar-refractivity contribution in [2.45, 2.75) is 37.9 Å². The molecule has 0 saturated carbocycles. The van der Waals surface area contributed by atoms with Crippen LogP contribution in [0.4, 0.5) is 0 Å². The number of carbonyl (C=O) groups is 1. The first kappa shape index (κ1) is 33.9. The molecule has 2 fully saturated rings. The molecular formula is C38H37Cl2N7O3. The van der Waals surface area contributed by atoms with Crippen molar-refractivity contribution in [1.82, 2.24) is 35.5 Å². The number of nitrogens with zero attached hydrogens (tertiary/aromatic N) is 5. The third-order valence-electron chi connectivity index (χ3n) is 9.22. The highest BCUT2D eigenvalue weighted by Gasteiger charge is 2.29. The topological polar surface area (TPSA) is 114 Å². The smallest absolute Gasteiger partial charge is 0.237 e. The molecule has 2 N–H and O–H groups in total. The average molecular weight is 711 g/mol. The van der Waals surface area contributed by atoms with Crippen molar-refractivity contribution in [1.29, 1.82) is 0 Å². The first-order valence-electron chi connectivity index (χ1n) is 16.6. The highest BCUT2D eigenvalue weighted by atomic mass is 35.5. The summed E-state index contributed by atoms with van der Waals surface area (Å²) in [5.41, 5.74) is 6.86. The number of carbonyl (C=O) groups excluding carboxylic acids is 1. The number of ether oxygens (including phenoxy) is 2. The molecule has 1 amide bonds. The fourth-order valence-electron chi connectivity index (χ4n) is 6.53. The van der Waals surface area contributed by atoms with Crippen molar-refractivity contribution in [3.05, 3.63) is 106 Å². The van der Waals surface area contributed by atoms with Crippen molar-refractivity contribution < 1.29 is 14.3 Å². The summed E-state index contributed by atoms with van der Waals surface area (Å²) in [6, 6.07) is 22.2. The minimum atomic E-state index is 0.0870. The van der Waals surface area contributed by atoms with Gasteiger partial charge in [-0.05, 0) is 12.0 Å². The van der Waals surface area contributed by atoms with Crippen LogP contribution in [0.15, 0.2) is 79.1 Å². The first-order chi connectivity index (χ1) is 24.4. The third-order valence-corrected chi connectivity index (χ3v) is 10.0. The molecule has 0 radical (unpaired) electrons. The van der Waals surface area contributed by atoms with E-state index in [4.69, 9.17) is 47.6 Å². The van der Waals surface area contributed by atoms with Crippen molar-refractivity contribution >= 4 is 29.1 Å². The number of methoxy groups -OCH3 is 2. The Labute approximate surface area is 301 Å². The van der Waals surface area contributed by atoms with Crippen LogP contribution in [0.1, 0.15) is 35.7 Å². The molecule has 2 aromatic heterocycles. The lowest BCUT2D eigenvalue weighted by Crippen LogP contribution is -2.44. The molecule has 0 bridgehead atoms. The van der Waals surface area contributed by atoms with Gasteiger partial charge in [-0.25, -0.2) is 9.97 Å². The van der Waals surface area contributed by atoms with Crippen LogP contribution in [-0.2, 0) is 17.9 Å². The van der Waals surface area contributed by atoms with Crippen LogP contribution in [0.5, 0.6) is 11.8 Å². The molecule has 12 heteroatoms. The van der Waals surface area contributed by atoms with E-state index >= 15 is 0 Å². The van der Waals surface area contributed by atoms with Gasteiger partial charge in [0.25, 0.3) is 0 Å². The van der Waals surface area contributed by atoms with E-state index in [1.54, 1.807) is 26.6 Å². The standard InChI is InChI=1S/C38H37Cl2N7O3/c1-49-37-32(17-41-16-25-14-15-34(48)44-25)42-18-30(45-37)28-12-6-10-26(35(28)39)27-11-7-13-29(36(27)40)31-19-43-33(38(46-31)50-2)22-47-20-24(21-47)23-8-4-3-5-9-23/h3-13,18-19,24-25,41H,14-17,20-22H2,1-2H3,(H,44,48)/t25-/m0/s1. The van der Waals surface area contributed by atoms with E-state index in [0.717, 1.165) is 36.3 Å². The van der Waals surface area contributed by atoms with Crippen LogP contribution in [0, 0.1) is 0 Å². The summed E-state index contributed by atoms with van der Waals surface area (Å²) in [5.74, 6) is 1.48. The highest BCUT2D eigenvalue weighted by molar-refractivity contribution is 6.39. The van der Waals surface area contributed by atoms with E-state index in [2.05, 4.69) is 44.8 Å². The van der Waals surface area contributed by atoms with Crippen LogP contribution in [0.3, 0.4) is 0 Å². The Morgan fingerprint density at radius 1 is 0.800 bits per heavy atom. The Kier molecular flexibility index (Phi) is 10.2. The van der Waals surface area contributed by atoms with E-state index in [9.17, 15) is 4.79 Å². The summed E-state index contributed by atoms with van der Waals surface area (Å²) < 4.78 is 11.3. The minimum Gasteiger partial charge on any atom is -0.480 e. The van der Waals surface area contributed by atoms with Crippen molar-refractivity contribution in [3.8, 4) is 45.4 Å². The second kappa shape index (κ2) is 15.1. The van der Waals surface area contributed by atoms with Gasteiger partial charge in [-0.2, -0.15) is 0 Å². The van der Waals surface area contributed by atoms with E-state index in [1.807, 2.05) is 42.5 Å². The van der Waals surface area contributed by atoms with Crippen LogP contribution >= 0.6 is 23.2 Å². The Morgan fingerprint density at radius 2 is 1.38 bits per heavy atom. The molecule has 7 rings (SSSR count). The normalized spacial score (nSPS) is 16.2. The molecule has 50 heavy (non-hydrogen) atoms. The van der Waals surface area contributed by atoms with Gasteiger partial charge in [-0.1, -0.05) is 89.9 Å². The van der Waals surface area contributed by atoms with Gasteiger partial charge >= 0.3 is 0 Å². The molecule has 2 saturated heterocycles.